The van der Waals surface area contributed by atoms with Gasteiger partial charge in [0.1, 0.15) is 5.75 Å². The third-order valence-corrected chi connectivity index (χ3v) is 5.19. The number of carbonyl (C=O) groups is 2. The van der Waals surface area contributed by atoms with Gasteiger partial charge in [0.15, 0.2) is 0 Å². The normalized spacial score (nSPS) is 24.5. The van der Waals surface area contributed by atoms with Crippen molar-refractivity contribution >= 4 is 23.3 Å². The average molecular weight is 348 g/mol. The van der Waals surface area contributed by atoms with Gasteiger partial charge in [0.25, 0.3) is 0 Å². The van der Waals surface area contributed by atoms with Gasteiger partial charge in [0.2, 0.25) is 5.91 Å². The van der Waals surface area contributed by atoms with Crippen LogP contribution in [0, 0.1) is 17.3 Å². The summed E-state index contributed by atoms with van der Waals surface area (Å²) >= 11 is 0. The van der Waals surface area contributed by atoms with Crippen LogP contribution in [0.25, 0.3) is 0 Å². The summed E-state index contributed by atoms with van der Waals surface area (Å²) in [4.78, 5) is 26.1. The summed E-state index contributed by atoms with van der Waals surface area (Å²) in [6.07, 6.45) is 0. The fraction of sp³-hybridized carbons (Fsp3) is 0.556. The summed E-state index contributed by atoms with van der Waals surface area (Å²) in [5.74, 6) is -1.85. The van der Waals surface area contributed by atoms with Gasteiger partial charge in [0, 0.05) is 18.8 Å². The highest BCUT2D eigenvalue weighted by molar-refractivity contribution is 6.00. The first-order valence-electron chi connectivity index (χ1n) is 8.40. The highest BCUT2D eigenvalue weighted by atomic mass is 16.5. The molecule has 0 aromatic heterocycles. The van der Waals surface area contributed by atoms with E-state index in [2.05, 4.69) is 10.2 Å². The van der Waals surface area contributed by atoms with Crippen molar-refractivity contribution in [2.24, 2.45) is 17.3 Å². The summed E-state index contributed by atoms with van der Waals surface area (Å²) in [6, 6.07) is 5.63. The zero-order chi connectivity index (χ0) is 18.2. The van der Waals surface area contributed by atoms with E-state index in [4.69, 9.17) is 9.47 Å². The Bertz CT molecular complexity index is 682. The van der Waals surface area contributed by atoms with Crippen molar-refractivity contribution in [1.29, 1.82) is 0 Å². The van der Waals surface area contributed by atoms with Gasteiger partial charge in [-0.3, -0.25) is 9.59 Å². The largest absolute Gasteiger partial charge is 0.495 e. The number of hydrogen-bond donors (Lipinski definition) is 2. The number of morpholine rings is 1. The highest BCUT2D eigenvalue weighted by Crippen LogP contribution is 2.58. The number of anilines is 2. The van der Waals surface area contributed by atoms with E-state index in [9.17, 15) is 14.7 Å². The first kappa shape index (κ1) is 17.5. The average Bonchev–Trinajstić information content (AvgIpc) is 3.18. The lowest BCUT2D eigenvalue weighted by atomic mass is 10.1. The van der Waals surface area contributed by atoms with Crippen LogP contribution in [0.2, 0.25) is 0 Å². The van der Waals surface area contributed by atoms with Crippen LogP contribution in [-0.4, -0.2) is 50.4 Å². The van der Waals surface area contributed by atoms with Gasteiger partial charge in [-0.1, -0.05) is 13.8 Å². The first-order valence-corrected chi connectivity index (χ1v) is 8.40. The van der Waals surface area contributed by atoms with Gasteiger partial charge in [-0.2, -0.15) is 0 Å². The number of benzene rings is 1. The Morgan fingerprint density at radius 3 is 2.52 bits per heavy atom. The monoisotopic (exact) mass is 348 g/mol. The predicted octanol–water partition coefficient (Wildman–Crippen LogP) is 1.83. The predicted molar refractivity (Wildman–Crippen MR) is 93.1 cm³/mol. The zero-order valence-electron chi connectivity index (χ0n) is 14.7. The van der Waals surface area contributed by atoms with Crippen LogP contribution in [0.15, 0.2) is 18.2 Å². The topological polar surface area (TPSA) is 88.1 Å². The number of ether oxygens (including phenoxy) is 2. The number of carboxylic acids is 1. The lowest BCUT2D eigenvalue weighted by Crippen LogP contribution is -2.36. The van der Waals surface area contributed by atoms with Crippen molar-refractivity contribution in [3.63, 3.8) is 0 Å². The molecule has 2 N–H and O–H groups in total. The van der Waals surface area contributed by atoms with Crippen molar-refractivity contribution < 1.29 is 24.2 Å². The number of nitrogens with zero attached hydrogens (tertiary/aromatic N) is 1. The Labute approximate surface area is 146 Å². The number of rotatable bonds is 5. The number of nitrogens with one attached hydrogen (secondary N) is 1. The molecule has 2 aliphatic rings. The highest BCUT2D eigenvalue weighted by Gasteiger charge is 2.65. The Balaban J connectivity index is 1.79. The van der Waals surface area contributed by atoms with Crippen molar-refractivity contribution in [3.8, 4) is 5.75 Å². The van der Waals surface area contributed by atoms with E-state index >= 15 is 0 Å². The number of carbonyl (C=O) groups excluding carboxylic acids is 1. The van der Waals surface area contributed by atoms with E-state index in [-0.39, 0.29) is 5.91 Å². The number of hydrogen-bond acceptors (Lipinski definition) is 5. The second kappa shape index (κ2) is 6.55. The molecule has 0 radical (unpaired) electrons. The SMILES string of the molecule is COc1ccc(N2CCOCC2)cc1NC(=O)[C@@H]1[C@H](C(=O)O)C1(C)C. The lowest BCUT2D eigenvalue weighted by molar-refractivity contribution is -0.140. The Kier molecular flexibility index (Phi) is 4.60. The van der Waals surface area contributed by atoms with E-state index in [1.165, 1.54) is 0 Å². The lowest BCUT2D eigenvalue weighted by Gasteiger charge is -2.29. The molecule has 1 aliphatic carbocycles. The molecule has 1 saturated heterocycles. The van der Waals surface area contributed by atoms with Crippen molar-refractivity contribution in [1.82, 2.24) is 0 Å². The Hall–Kier alpha value is -2.28. The Morgan fingerprint density at radius 2 is 1.96 bits per heavy atom. The van der Waals surface area contributed by atoms with Gasteiger partial charge in [-0.15, -0.1) is 0 Å². The van der Waals surface area contributed by atoms with Crippen LogP contribution < -0.4 is 15.0 Å². The van der Waals surface area contributed by atoms with E-state index < -0.39 is 23.2 Å². The molecule has 25 heavy (non-hydrogen) atoms. The van der Waals surface area contributed by atoms with Crippen LogP contribution >= 0.6 is 0 Å². The molecule has 2 atom stereocenters. The van der Waals surface area contributed by atoms with Gasteiger partial charge in [-0.25, -0.2) is 0 Å². The maximum Gasteiger partial charge on any atom is 0.307 e. The number of aliphatic carboxylic acids is 1. The number of methoxy groups -OCH3 is 1. The Morgan fingerprint density at radius 1 is 1.28 bits per heavy atom. The molecule has 7 nitrogen and oxygen atoms in total. The summed E-state index contributed by atoms with van der Waals surface area (Å²) in [7, 11) is 1.54. The summed E-state index contributed by atoms with van der Waals surface area (Å²) in [5, 5.41) is 12.1. The van der Waals surface area contributed by atoms with Gasteiger partial charge in [-0.05, 0) is 23.6 Å². The summed E-state index contributed by atoms with van der Waals surface area (Å²) in [5.41, 5.74) is 0.998. The van der Waals surface area contributed by atoms with E-state index in [0.29, 0.717) is 24.7 Å². The van der Waals surface area contributed by atoms with Gasteiger partial charge < -0.3 is 24.8 Å². The molecule has 7 heteroatoms. The van der Waals surface area contributed by atoms with Crippen molar-refractivity contribution in [2.45, 2.75) is 13.8 Å². The number of carboxylic acid groups (broad SMARTS) is 1. The molecule has 0 bridgehead atoms. The second-order valence-corrected chi connectivity index (χ2v) is 7.09. The molecule has 1 aromatic carbocycles. The zero-order valence-corrected chi connectivity index (χ0v) is 14.7. The molecular weight excluding hydrogens is 324 g/mol. The van der Waals surface area contributed by atoms with E-state index in [0.717, 1.165) is 18.8 Å². The van der Waals surface area contributed by atoms with E-state index in [1.807, 2.05) is 18.2 Å². The minimum atomic E-state index is -0.931. The maximum atomic E-state index is 12.6. The molecule has 3 rings (SSSR count). The first-order chi connectivity index (χ1) is 11.9. The van der Waals surface area contributed by atoms with E-state index in [1.54, 1.807) is 21.0 Å². The molecule has 136 valence electrons. The molecule has 1 amide bonds. The summed E-state index contributed by atoms with van der Waals surface area (Å²) in [6.45, 7) is 6.52. The molecule has 1 heterocycles. The third-order valence-electron chi connectivity index (χ3n) is 5.19. The molecule has 0 unspecified atom stereocenters. The second-order valence-electron chi connectivity index (χ2n) is 7.09. The summed E-state index contributed by atoms with van der Waals surface area (Å²) < 4.78 is 10.7. The van der Waals surface area contributed by atoms with Crippen LogP contribution in [0.5, 0.6) is 5.75 Å². The molecule has 1 aromatic rings. The molecule has 2 fully saturated rings. The van der Waals surface area contributed by atoms with Crippen molar-refractivity contribution in [2.75, 3.05) is 43.6 Å². The van der Waals surface area contributed by atoms with Crippen LogP contribution in [0.1, 0.15) is 13.8 Å². The van der Waals surface area contributed by atoms with Crippen LogP contribution in [0.3, 0.4) is 0 Å². The molecular formula is C18H24N2O5. The van der Waals surface area contributed by atoms with Crippen molar-refractivity contribution in [3.05, 3.63) is 18.2 Å². The molecule has 1 saturated carbocycles. The van der Waals surface area contributed by atoms with Crippen LogP contribution in [0.4, 0.5) is 11.4 Å². The standard InChI is InChI=1S/C18H24N2O5/c1-18(2)14(15(18)17(22)23)16(21)19-12-10-11(4-5-13(12)24-3)20-6-8-25-9-7-20/h4-5,10,14-15H,6-9H2,1-3H3,(H,19,21)(H,22,23)/t14-,15+/m0/s1. The third kappa shape index (κ3) is 3.28. The molecule has 1 aliphatic heterocycles. The maximum absolute atomic E-state index is 12.6. The fourth-order valence-electron chi connectivity index (χ4n) is 3.61. The quantitative estimate of drug-likeness (QED) is 0.844. The smallest absolute Gasteiger partial charge is 0.307 e. The minimum absolute atomic E-state index is 0.283. The fourth-order valence-corrected chi connectivity index (χ4v) is 3.61. The van der Waals surface area contributed by atoms with Gasteiger partial charge in [0.05, 0.1) is 37.8 Å². The molecule has 0 spiro atoms. The number of amides is 1. The van der Waals surface area contributed by atoms with Crippen LogP contribution in [-0.2, 0) is 14.3 Å². The van der Waals surface area contributed by atoms with Gasteiger partial charge >= 0.3 is 5.97 Å². The minimum Gasteiger partial charge on any atom is -0.495 e.